The maximum atomic E-state index is 12.6. The lowest BCUT2D eigenvalue weighted by Gasteiger charge is -2.28. The van der Waals surface area contributed by atoms with E-state index in [1.54, 1.807) is 23.3 Å². The number of thioether (sulfide) groups is 1. The first-order valence-corrected chi connectivity index (χ1v) is 10.4. The molecular weight excluding hydrogens is 328 g/mol. The predicted molar refractivity (Wildman–Crippen MR) is 87.4 cm³/mol. The number of sulfonamides is 1. The van der Waals surface area contributed by atoms with Gasteiger partial charge in [0.15, 0.2) is 15.8 Å². The molecule has 0 aliphatic heterocycles. The van der Waals surface area contributed by atoms with Gasteiger partial charge >= 0.3 is 0 Å². The van der Waals surface area contributed by atoms with Crippen LogP contribution in [0, 0.1) is 0 Å². The van der Waals surface area contributed by atoms with Gasteiger partial charge in [0.05, 0.1) is 0 Å². The van der Waals surface area contributed by atoms with E-state index in [1.165, 1.54) is 15.7 Å². The van der Waals surface area contributed by atoms with Crippen LogP contribution < -0.4 is 10.5 Å². The van der Waals surface area contributed by atoms with Crippen molar-refractivity contribution < 1.29 is 8.42 Å². The largest absolute Gasteiger partial charge is 0.381 e. The maximum absolute atomic E-state index is 12.6. The first-order chi connectivity index (χ1) is 10.0. The van der Waals surface area contributed by atoms with Crippen LogP contribution in [0.5, 0.6) is 0 Å². The number of imidazole rings is 1. The molecule has 116 valence electrons. The fourth-order valence-electron chi connectivity index (χ4n) is 2.79. The molecule has 9 heteroatoms. The molecule has 1 fully saturated rings. The molecule has 3 N–H and O–H groups in total. The molecule has 0 saturated heterocycles. The third-order valence-corrected chi connectivity index (χ3v) is 7.19. The molecule has 21 heavy (non-hydrogen) atoms. The van der Waals surface area contributed by atoms with Crippen LogP contribution in [-0.2, 0) is 10.0 Å². The molecule has 3 rings (SSSR count). The highest BCUT2D eigenvalue weighted by Gasteiger charge is 2.30. The number of hydrogen-bond acceptors (Lipinski definition) is 6. The van der Waals surface area contributed by atoms with E-state index in [1.807, 2.05) is 0 Å². The topological polar surface area (TPSA) is 89.5 Å². The van der Waals surface area contributed by atoms with Gasteiger partial charge in [-0.25, -0.2) is 18.1 Å². The smallest absolute Gasteiger partial charge is 0.260 e. The molecule has 2 atom stereocenters. The van der Waals surface area contributed by atoms with Gasteiger partial charge in [-0.3, -0.25) is 4.40 Å². The summed E-state index contributed by atoms with van der Waals surface area (Å²) >= 11 is 3.17. The molecule has 2 aromatic rings. The molecule has 6 nitrogen and oxygen atoms in total. The van der Waals surface area contributed by atoms with Gasteiger partial charge in [0, 0.05) is 22.9 Å². The van der Waals surface area contributed by atoms with Gasteiger partial charge in [-0.15, -0.1) is 11.3 Å². The number of anilines is 1. The number of nitrogens with one attached hydrogen (secondary N) is 1. The quantitative estimate of drug-likeness (QED) is 0.883. The second kappa shape index (κ2) is 5.79. The third kappa shape index (κ3) is 2.92. The van der Waals surface area contributed by atoms with Gasteiger partial charge < -0.3 is 5.73 Å². The summed E-state index contributed by atoms with van der Waals surface area (Å²) in [4.78, 5) is 4.70. The number of hydrogen-bond donors (Lipinski definition) is 2. The Morgan fingerprint density at radius 1 is 1.52 bits per heavy atom. The Morgan fingerprint density at radius 3 is 3.10 bits per heavy atom. The zero-order valence-corrected chi connectivity index (χ0v) is 14.1. The molecule has 1 aliphatic carbocycles. The number of fused-ring (bicyclic) bond motifs is 1. The summed E-state index contributed by atoms with van der Waals surface area (Å²) in [5.41, 5.74) is 5.79. The van der Waals surface area contributed by atoms with E-state index in [-0.39, 0.29) is 16.9 Å². The molecule has 0 aromatic carbocycles. The lowest BCUT2D eigenvalue weighted by Crippen LogP contribution is -2.39. The standard InChI is InChI=1S/C12H18N4O2S3/c1-19-9-4-2-3-8(7-9)15-21(17,18)11-10(13)14-12-16(11)5-6-20-12/h5-6,8-9,15H,2-4,7,13H2,1H3. The predicted octanol–water partition coefficient (Wildman–Crippen LogP) is 1.93. The van der Waals surface area contributed by atoms with E-state index in [0.717, 1.165) is 25.7 Å². The summed E-state index contributed by atoms with van der Waals surface area (Å²) in [5.74, 6) is 0.0616. The van der Waals surface area contributed by atoms with E-state index < -0.39 is 10.0 Å². The van der Waals surface area contributed by atoms with Gasteiger partial charge in [0.1, 0.15) is 0 Å². The highest BCUT2D eigenvalue weighted by Crippen LogP contribution is 2.29. The molecule has 1 saturated carbocycles. The molecule has 2 unspecified atom stereocenters. The van der Waals surface area contributed by atoms with Gasteiger partial charge in [0.2, 0.25) is 0 Å². The summed E-state index contributed by atoms with van der Waals surface area (Å²) in [5, 5.41) is 2.38. The lowest BCUT2D eigenvalue weighted by atomic mass is 9.96. The Labute approximate surface area is 132 Å². The maximum Gasteiger partial charge on any atom is 0.260 e. The van der Waals surface area contributed by atoms with Crippen molar-refractivity contribution in [2.45, 2.75) is 42.0 Å². The number of nitrogen functional groups attached to an aromatic ring is 1. The van der Waals surface area contributed by atoms with E-state index in [0.29, 0.717) is 10.2 Å². The van der Waals surface area contributed by atoms with E-state index in [4.69, 9.17) is 5.73 Å². The van der Waals surface area contributed by atoms with Crippen molar-refractivity contribution in [2.24, 2.45) is 0 Å². The number of rotatable bonds is 4. The van der Waals surface area contributed by atoms with Crippen LogP contribution in [0.4, 0.5) is 5.82 Å². The van der Waals surface area contributed by atoms with Crippen molar-refractivity contribution in [3.8, 4) is 0 Å². The minimum absolute atomic E-state index is 0.0233. The zero-order chi connectivity index (χ0) is 15.0. The SMILES string of the molecule is CSC1CCCC(NS(=O)(=O)c2c(N)nc3sccn23)C1. The number of nitrogens with zero attached hydrogens (tertiary/aromatic N) is 2. The first-order valence-electron chi connectivity index (χ1n) is 6.77. The third-order valence-electron chi connectivity index (χ3n) is 3.78. The second-order valence-electron chi connectivity index (χ2n) is 5.20. The minimum atomic E-state index is -3.65. The van der Waals surface area contributed by atoms with Crippen molar-refractivity contribution in [2.75, 3.05) is 12.0 Å². The Kier molecular flexibility index (Phi) is 4.17. The zero-order valence-electron chi connectivity index (χ0n) is 11.7. The van der Waals surface area contributed by atoms with E-state index in [2.05, 4.69) is 16.0 Å². The van der Waals surface area contributed by atoms with E-state index >= 15 is 0 Å². The summed E-state index contributed by atoms with van der Waals surface area (Å²) in [7, 11) is -3.65. The summed E-state index contributed by atoms with van der Waals surface area (Å²) in [6, 6.07) is -0.0233. The summed E-state index contributed by atoms with van der Waals surface area (Å²) < 4.78 is 29.6. The Hall–Kier alpha value is -0.770. The van der Waals surface area contributed by atoms with Crippen molar-refractivity contribution in [3.05, 3.63) is 11.6 Å². The van der Waals surface area contributed by atoms with Gasteiger partial charge in [-0.2, -0.15) is 11.8 Å². The Morgan fingerprint density at radius 2 is 2.33 bits per heavy atom. The van der Waals surface area contributed by atoms with E-state index in [9.17, 15) is 8.42 Å². The van der Waals surface area contributed by atoms with Crippen LogP contribution >= 0.6 is 23.1 Å². The molecular formula is C12H18N4O2S3. The number of thiazole rings is 1. The molecule has 2 aromatic heterocycles. The molecule has 1 aliphatic rings. The molecule has 0 amide bonds. The molecule has 2 heterocycles. The van der Waals surface area contributed by atoms with Crippen LogP contribution in [0.1, 0.15) is 25.7 Å². The summed E-state index contributed by atoms with van der Waals surface area (Å²) in [6.45, 7) is 0. The monoisotopic (exact) mass is 346 g/mol. The Bertz CT molecular complexity index is 737. The number of aromatic nitrogens is 2. The van der Waals surface area contributed by atoms with Gasteiger partial charge in [-0.05, 0) is 25.5 Å². The average molecular weight is 347 g/mol. The second-order valence-corrected chi connectivity index (χ2v) is 8.84. The Balaban J connectivity index is 1.87. The molecule has 0 radical (unpaired) electrons. The van der Waals surface area contributed by atoms with Gasteiger partial charge in [-0.1, -0.05) is 6.42 Å². The van der Waals surface area contributed by atoms with Crippen LogP contribution in [0.25, 0.3) is 4.96 Å². The normalized spacial score (nSPS) is 23.7. The minimum Gasteiger partial charge on any atom is -0.381 e. The lowest BCUT2D eigenvalue weighted by molar-refractivity contribution is 0.420. The molecule has 0 bridgehead atoms. The van der Waals surface area contributed by atoms with Crippen molar-refractivity contribution in [1.29, 1.82) is 0 Å². The highest BCUT2D eigenvalue weighted by atomic mass is 32.2. The highest BCUT2D eigenvalue weighted by molar-refractivity contribution is 7.99. The van der Waals surface area contributed by atoms with Crippen molar-refractivity contribution >= 4 is 43.9 Å². The fourth-order valence-corrected chi connectivity index (χ4v) is 5.89. The van der Waals surface area contributed by atoms with Crippen LogP contribution in [0.3, 0.4) is 0 Å². The van der Waals surface area contributed by atoms with Gasteiger partial charge in [0.25, 0.3) is 10.0 Å². The van der Waals surface area contributed by atoms with Crippen LogP contribution in [0.15, 0.2) is 16.6 Å². The van der Waals surface area contributed by atoms with Crippen molar-refractivity contribution in [3.63, 3.8) is 0 Å². The average Bonchev–Trinajstić information content (AvgIpc) is 2.97. The fraction of sp³-hybridized carbons (Fsp3) is 0.583. The van der Waals surface area contributed by atoms with Crippen LogP contribution in [-0.4, -0.2) is 35.4 Å². The van der Waals surface area contributed by atoms with Crippen molar-refractivity contribution in [1.82, 2.24) is 14.1 Å². The van der Waals surface area contributed by atoms with Crippen LogP contribution in [0.2, 0.25) is 0 Å². The number of nitrogens with two attached hydrogens (primary N) is 1. The molecule has 0 spiro atoms. The summed E-state index contributed by atoms with van der Waals surface area (Å²) in [6.07, 6.45) is 7.71. The first kappa shape index (κ1) is 15.1.